The lowest BCUT2D eigenvalue weighted by molar-refractivity contribution is 0.626. The van der Waals surface area contributed by atoms with Crippen LogP contribution in [0.15, 0.2) is 58.4 Å². The van der Waals surface area contributed by atoms with E-state index in [0.29, 0.717) is 11.1 Å². The van der Waals surface area contributed by atoms with Gasteiger partial charge in [0.15, 0.2) is 0 Å². The summed E-state index contributed by atoms with van der Waals surface area (Å²) in [5.74, 6) is -0.278. The fourth-order valence-electron chi connectivity index (χ4n) is 2.44. The molecule has 2 aromatic carbocycles. The van der Waals surface area contributed by atoms with Crippen LogP contribution in [0.5, 0.6) is 0 Å². The first kappa shape index (κ1) is 17.0. The quantitative estimate of drug-likeness (QED) is 0.560. The number of nitrogens with one attached hydrogen (secondary N) is 2. The standard InChI is InChI=1S/C19H14FN5O/c1-12-7-13(9-15(20)8-12)11-22-25-19-23-17(14-5-3-2-4-6-14)16(10-21)18(26)24-19/h2-9,11H,1H3,(H2,23,24,25,26). The highest BCUT2D eigenvalue weighted by atomic mass is 19.1. The molecule has 0 atom stereocenters. The first-order chi connectivity index (χ1) is 12.6. The second-order valence-electron chi connectivity index (χ2n) is 5.55. The fourth-order valence-corrected chi connectivity index (χ4v) is 2.44. The van der Waals surface area contributed by atoms with Crippen LogP contribution in [0.4, 0.5) is 10.3 Å². The monoisotopic (exact) mass is 347 g/mol. The molecule has 128 valence electrons. The van der Waals surface area contributed by atoms with Gasteiger partial charge in [-0.15, -0.1) is 0 Å². The zero-order valence-electron chi connectivity index (χ0n) is 13.8. The lowest BCUT2D eigenvalue weighted by Crippen LogP contribution is -2.16. The number of nitriles is 1. The number of hydrogen-bond acceptors (Lipinski definition) is 5. The van der Waals surface area contributed by atoms with E-state index in [4.69, 9.17) is 0 Å². The third-order valence-corrected chi connectivity index (χ3v) is 3.53. The number of hydrazone groups is 1. The molecule has 0 spiro atoms. The summed E-state index contributed by atoms with van der Waals surface area (Å²) in [5.41, 5.74) is 4.19. The van der Waals surface area contributed by atoms with Gasteiger partial charge in [0.2, 0.25) is 5.95 Å². The van der Waals surface area contributed by atoms with Gasteiger partial charge in [0, 0.05) is 5.56 Å². The molecule has 0 aliphatic heterocycles. The summed E-state index contributed by atoms with van der Waals surface area (Å²) >= 11 is 0. The van der Waals surface area contributed by atoms with Crippen molar-refractivity contribution in [2.75, 3.05) is 5.43 Å². The topological polar surface area (TPSA) is 93.9 Å². The molecule has 0 radical (unpaired) electrons. The minimum Gasteiger partial charge on any atom is -0.290 e. The summed E-state index contributed by atoms with van der Waals surface area (Å²) in [6.07, 6.45) is 1.41. The SMILES string of the molecule is Cc1cc(F)cc(C=NNc2nc(-c3ccccc3)c(C#N)c(=O)[nH]2)c1. The van der Waals surface area contributed by atoms with Gasteiger partial charge < -0.3 is 0 Å². The van der Waals surface area contributed by atoms with E-state index in [0.717, 1.165) is 5.56 Å². The van der Waals surface area contributed by atoms with Crippen LogP contribution in [-0.2, 0) is 0 Å². The van der Waals surface area contributed by atoms with E-state index >= 15 is 0 Å². The minimum absolute atomic E-state index is 0.0773. The first-order valence-corrected chi connectivity index (χ1v) is 7.73. The highest BCUT2D eigenvalue weighted by molar-refractivity contribution is 5.80. The fraction of sp³-hybridized carbons (Fsp3) is 0.0526. The van der Waals surface area contributed by atoms with Crippen molar-refractivity contribution in [2.24, 2.45) is 5.10 Å². The van der Waals surface area contributed by atoms with Crippen LogP contribution in [0.1, 0.15) is 16.7 Å². The van der Waals surface area contributed by atoms with Gasteiger partial charge in [-0.1, -0.05) is 36.4 Å². The van der Waals surface area contributed by atoms with Crippen LogP contribution in [0.25, 0.3) is 11.3 Å². The molecule has 3 aromatic rings. The predicted octanol–water partition coefficient (Wildman–Crippen LogP) is 3.20. The van der Waals surface area contributed by atoms with Crippen LogP contribution in [0.3, 0.4) is 0 Å². The van der Waals surface area contributed by atoms with Gasteiger partial charge in [0.25, 0.3) is 5.56 Å². The average Bonchev–Trinajstić information content (AvgIpc) is 2.61. The third-order valence-electron chi connectivity index (χ3n) is 3.53. The number of hydrogen-bond donors (Lipinski definition) is 2. The molecule has 0 bridgehead atoms. The number of H-pyrrole nitrogens is 1. The highest BCUT2D eigenvalue weighted by Gasteiger charge is 2.12. The van der Waals surface area contributed by atoms with Crippen LogP contribution in [0, 0.1) is 24.1 Å². The van der Waals surface area contributed by atoms with Crippen molar-refractivity contribution in [2.45, 2.75) is 6.92 Å². The Balaban J connectivity index is 1.92. The summed E-state index contributed by atoms with van der Waals surface area (Å²) in [6.45, 7) is 1.78. The van der Waals surface area contributed by atoms with Crippen LogP contribution in [-0.4, -0.2) is 16.2 Å². The molecule has 26 heavy (non-hydrogen) atoms. The van der Waals surface area contributed by atoms with Gasteiger partial charge in [0.1, 0.15) is 17.4 Å². The molecule has 0 fully saturated rings. The van der Waals surface area contributed by atoms with Crippen molar-refractivity contribution in [1.82, 2.24) is 9.97 Å². The number of anilines is 1. The van der Waals surface area contributed by atoms with E-state index in [9.17, 15) is 14.4 Å². The van der Waals surface area contributed by atoms with Gasteiger partial charge >= 0.3 is 0 Å². The number of nitrogens with zero attached hydrogens (tertiary/aromatic N) is 3. The van der Waals surface area contributed by atoms with Crippen LogP contribution >= 0.6 is 0 Å². The van der Waals surface area contributed by atoms with Gasteiger partial charge in [-0.2, -0.15) is 10.4 Å². The van der Waals surface area contributed by atoms with Gasteiger partial charge in [-0.3, -0.25) is 9.78 Å². The molecule has 0 aliphatic carbocycles. The Bertz CT molecular complexity index is 1050. The van der Waals surface area contributed by atoms with Gasteiger partial charge in [-0.25, -0.2) is 14.8 Å². The van der Waals surface area contributed by atoms with E-state index in [1.807, 2.05) is 12.1 Å². The van der Waals surface area contributed by atoms with Crippen molar-refractivity contribution in [1.29, 1.82) is 5.26 Å². The van der Waals surface area contributed by atoms with E-state index in [1.165, 1.54) is 18.3 Å². The van der Waals surface area contributed by atoms with E-state index in [-0.39, 0.29) is 23.0 Å². The van der Waals surface area contributed by atoms with Crippen LogP contribution < -0.4 is 11.0 Å². The van der Waals surface area contributed by atoms with E-state index in [1.54, 1.807) is 37.3 Å². The molecule has 3 rings (SSSR count). The Morgan fingerprint density at radius 2 is 2.04 bits per heavy atom. The van der Waals surface area contributed by atoms with E-state index in [2.05, 4.69) is 20.5 Å². The molecule has 0 saturated carbocycles. The van der Waals surface area contributed by atoms with Gasteiger partial charge in [-0.05, 0) is 30.2 Å². The summed E-state index contributed by atoms with van der Waals surface area (Å²) in [5, 5.41) is 13.2. The molecule has 0 aliphatic rings. The van der Waals surface area contributed by atoms with Crippen molar-refractivity contribution >= 4 is 12.2 Å². The molecule has 0 amide bonds. The number of aromatic amines is 1. The molecule has 7 heteroatoms. The Morgan fingerprint density at radius 3 is 2.73 bits per heavy atom. The van der Waals surface area contributed by atoms with Crippen molar-refractivity contribution in [3.8, 4) is 17.3 Å². The number of benzene rings is 2. The number of rotatable bonds is 4. The van der Waals surface area contributed by atoms with Crippen molar-refractivity contribution in [3.05, 3.63) is 81.4 Å². The molecule has 1 heterocycles. The second kappa shape index (κ2) is 7.40. The maximum Gasteiger partial charge on any atom is 0.270 e. The largest absolute Gasteiger partial charge is 0.290 e. The van der Waals surface area contributed by atoms with Gasteiger partial charge in [0.05, 0.1) is 11.9 Å². The third kappa shape index (κ3) is 3.82. The Hall–Kier alpha value is -3.79. The minimum atomic E-state index is -0.569. The first-order valence-electron chi connectivity index (χ1n) is 7.73. The maximum atomic E-state index is 13.4. The van der Waals surface area contributed by atoms with Crippen LogP contribution in [0.2, 0.25) is 0 Å². The smallest absolute Gasteiger partial charge is 0.270 e. The summed E-state index contributed by atoms with van der Waals surface area (Å²) in [7, 11) is 0. The molecule has 6 nitrogen and oxygen atoms in total. The zero-order chi connectivity index (χ0) is 18.5. The molecule has 0 unspecified atom stereocenters. The summed E-state index contributed by atoms with van der Waals surface area (Å²) in [6, 6.07) is 15.3. The predicted molar refractivity (Wildman–Crippen MR) is 97.4 cm³/mol. The highest BCUT2D eigenvalue weighted by Crippen LogP contribution is 2.19. The van der Waals surface area contributed by atoms with Crippen molar-refractivity contribution < 1.29 is 4.39 Å². The molecular formula is C19H14FN5O. The van der Waals surface area contributed by atoms with E-state index < -0.39 is 5.56 Å². The Kier molecular flexibility index (Phi) is 4.85. The number of aromatic nitrogens is 2. The molecule has 1 aromatic heterocycles. The van der Waals surface area contributed by atoms with Crippen molar-refractivity contribution in [3.63, 3.8) is 0 Å². The zero-order valence-corrected chi connectivity index (χ0v) is 13.8. The Morgan fingerprint density at radius 1 is 1.27 bits per heavy atom. The number of halogens is 1. The normalized spacial score (nSPS) is 10.7. The average molecular weight is 347 g/mol. The number of aryl methyl sites for hydroxylation is 1. The molecule has 0 saturated heterocycles. The summed E-state index contributed by atoms with van der Waals surface area (Å²) < 4.78 is 13.4. The molecular weight excluding hydrogens is 333 g/mol. The lowest BCUT2D eigenvalue weighted by atomic mass is 10.1. The maximum absolute atomic E-state index is 13.4. The summed E-state index contributed by atoms with van der Waals surface area (Å²) in [4.78, 5) is 18.8. The Labute approximate surface area is 148 Å². The molecule has 2 N–H and O–H groups in total. The second-order valence-corrected chi connectivity index (χ2v) is 5.55. The lowest BCUT2D eigenvalue weighted by Gasteiger charge is -2.06.